The van der Waals surface area contributed by atoms with Crippen molar-refractivity contribution in [3.05, 3.63) is 72.3 Å². The van der Waals surface area contributed by atoms with Gasteiger partial charge in [0.1, 0.15) is 0 Å². The van der Waals surface area contributed by atoms with Gasteiger partial charge in [-0.25, -0.2) is 0 Å². The zero-order valence-corrected chi connectivity index (χ0v) is 15.9. The van der Waals surface area contributed by atoms with Crippen molar-refractivity contribution in [2.45, 2.75) is 6.92 Å². The molecule has 0 aliphatic rings. The molecule has 2 aromatic rings. The molecule has 0 spiro atoms. The van der Waals surface area contributed by atoms with Crippen LogP contribution in [0.25, 0.3) is 6.08 Å². The lowest BCUT2D eigenvalue weighted by Crippen LogP contribution is -2.11. The molecule has 0 saturated carbocycles. The van der Waals surface area contributed by atoms with Gasteiger partial charge in [-0.1, -0.05) is 6.07 Å². The van der Waals surface area contributed by atoms with Gasteiger partial charge < -0.3 is 5.11 Å². The Morgan fingerprint density at radius 2 is 1.68 bits per heavy atom. The van der Waals surface area contributed by atoms with Crippen LogP contribution in [0.4, 0.5) is 17.1 Å². The summed E-state index contributed by atoms with van der Waals surface area (Å²) in [6.07, 6.45) is 6.62. The molecule has 0 saturated heterocycles. The van der Waals surface area contributed by atoms with Crippen LogP contribution < -0.4 is 5.11 Å². The zero-order chi connectivity index (χ0) is 21.1. The number of pyridine rings is 1. The van der Waals surface area contributed by atoms with Crippen LogP contribution in [0.15, 0.2) is 41.4 Å². The molecular formula is C16H16N4O7S. The predicted octanol–water partition coefficient (Wildman–Crippen LogP) is 3.35. The number of aromatic nitrogens is 1. The fourth-order valence-electron chi connectivity index (χ4n) is 2.04. The van der Waals surface area contributed by atoms with E-state index in [4.69, 9.17) is 4.28 Å². The number of hydrogen-bond donors (Lipinski definition) is 0. The van der Waals surface area contributed by atoms with Gasteiger partial charge in [0, 0.05) is 23.6 Å². The number of allylic oxidation sites excluding steroid dienone is 1. The molecule has 0 amide bonds. The lowest BCUT2D eigenvalue weighted by atomic mass is 10.2. The van der Waals surface area contributed by atoms with Crippen molar-refractivity contribution >= 4 is 33.4 Å². The lowest BCUT2D eigenvalue weighted by Gasteiger charge is -2.24. The molecule has 1 heterocycles. The van der Waals surface area contributed by atoms with E-state index in [1.165, 1.54) is 0 Å². The van der Waals surface area contributed by atoms with E-state index >= 15 is 0 Å². The molecule has 0 bridgehead atoms. The number of nitrogens with zero attached hydrogens (tertiary/aromatic N) is 4. The van der Waals surface area contributed by atoms with Gasteiger partial charge in [0.25, 0.3) is 16.3 Å². The van der Waals surface area contributed by atoms with Crippen molar-refractivity contribution in [3.8, 4) is 5.75 Å². The van der Waals surface area contributed by atoms with E-state index in [1.807, 2.05) is 0 Å². The SMILES string of the molecule is C/C(=C\c1ccccn1)S(C)(C)O[N+](=O)c1cc([N+](=O)[O-])c([O-])c([N+](=O)[O-])c1. The summed E-state index contributed by atoms with van der Waals surface area (Å²) in [4.78, 5) is 37.0. The first-order valence-electron chi connectivity index (χ1n) is 7.66. The first-order chi connectivity index (χ1) is 13.0. The molecule has 11 nitrogen and oxygen atoms in total. The first kappa shape index (κ1) is 20.8. The van der Waals surface area contributed by atoms with Crippen LogP contribution in [0.1, 0.15) is 12.6 Å². The van der Waals surface area contributed by atoms with Crippen LogP contribution in [-0.2, 0) is 4.28 Å². The number of benzene rings is 1. The third kappa shape index (κ3) is 4.59. The minimum absolute atomic E-state index is 0.0511. The van der Waals surface area contributed by atoms with Crippen molar-refractivity contribution in [1.29, 1.82) is 0 Å². The van der Waals surface area contributed by atoms with Crippen LogP contribution in [0, 0.1) is 25.1 Å². The summed E-state index contributed by atoms with van der Waals surface area (Å²) in [6.45, 7) is 1.73. The average Bonchev–Trinajstić information content (AvgIpc) is 2.61. The Balaban J connectivity index is 2.37. The first-order valence-corrected chi connectivity index (χ1v) is 10.0. The molecule has 0 fully saturated rings. The summed E-state index contributed by atoms with van der Waals surface area (Å²) >= 11 is 0. The number of hydrogen-bond acceptors (Lipinski definition) is 8. The Morgan fingerprint density at radius 1 is 1.11 bits per heavy atom. The molecule has 28 heavy (non-hydrogen) atoms. The Hall–Kier alpha value is -3.54. The molecule has 1 aromatic carbocycles. The predicted molar refractivity (Wildman–Crippen MR) is 101 cm³/mol. The van der Waals surface area contributed by atoms with Crippen molar-refractivity contribution < 1.29 is 24.2 Å². The van der Waals surface area contributed by atoms with E-state index < -0.39 is 43.0 Å². The van der Waals surface area contributed by atoms with Crippen molar-refractivity contribution in [2.75, 3.05) is 12.5 Å². The van der Waals surface area contributed by atoms with E-state index in [9.17, 15) is 30.2 Å². The molecule has 148 valence electrons. The highest BCUT2D eigenvalue weighted by Crippen LogP contribution is 2.51. The van der Waals surface area contributed by atoms with Gasteiger partial charge in [-0.05, 0) is 35.4 Å². The van der Waals surface area contributed by atoms with Gasteiger partial charge in [0.15, 0.2) is 0 Å². The fourth-order valence-corrected chi connectivity index (χ4v) is 2.99. The van der Waals surface area contributed by atoms with E-state index in [0.717, 1.165) is 0 Å². The highest BCUT2D eigenvalue weighted by Gasteiger charge is 2.33. The highest BCUT2D eigenvalue weighted by atomic mass is 32.3. The Labute approximate surface area is 160 Å². The maximum atomic E-state index is 12.4. The molecule has 12 heteroatoms. The molecule has 0 N–H and O–H groups in total. The third-order valence-electron chi connectivity index (χ3n) is 3.71. The number of nitro benzene ring substituents is 2. The molecule has 0 aliphatic carbocycles. The Morgan fingerprint density at radius 3 is 2.14 bits per heavy atom. The van der Waals surface area contributed by atoms with Gasteiger partial charge >= 0.3 is 5.69 Å². The van der Waals surface area contributed by atoms with Gasteiger partial charge in [-0.3, -0.25) is 25.2 Å². The summed E-state index contributed by atoms with van der Waals surface area (Å²) in [6, 6.07) is 6.59. The van der Waals surface area contributed by atoms with Crippen LogP contribution in [0.2, 0.25) is 0 Å². The molecule has 0 unspecified atom stereocenters. The summed E-state index contributed by atoms with van der Waals surface area (Å²) in [5, 5.41) is 33.7. The van der Waals surface area contributed by atoms with Crippen LogP contribution in [-0.4, -0.2) is 32.3 Å². The maximum Gasteiger partial charge on any atom is 0.331 e. The fraction of sp³-hybridized carbons (Fsp3) is 0.188. The largest absolute Gasteiger partial charge is 0.863 e. The number of rotatable bonds is 7. The molecule has 0 atom stereocenters. The van der Waals surface area contributed by atoms with Crippen LogP contribution in [0.5, 0.6) is 5.75 Å². The van der Waals surface area contributed by atoms with Gasteiger partial charge in [0.05, 0.1) is 38.3 Å². The van der Waals surface area contributed by atoms with Crippen LogP contribution in [0.3, 0.4) is 0 Å². The Kier molecular flexibility index (Phi) is 5.93. The second-order valence-electron chi connectivity index (χ2n) is 5.90. The standard InChI is InChI=1S/C16H16N4O7S/c1-11(8-12-6-4-5-7-17-12)28(2,3)27-20(26)13-9-14(18(22)23)16(21)15(10-13)19(24)25/h4-10H,1-3H3/b11-8+. The molecule has 0 radical (unpaired) electrons. The molecule has 2 rings (SSSR count). The van der Waals surface area contributed by atoms with Crippen LogP contribution >= 0.6 is 10.3 Å². The van der Waals surface area contributed by atoms with Crippen molar-refractivity contribution in [3.63, 3.8) is 0 Å². The van der Waals surface area contributed by atoms with E-state index in [0.29, 0.717) is 22.7 Å². The lowest BCUT2D eigenvalue weighted by molar-refractivity contribution is -0.696. The highest BCUT2D eigenvalue weighted by molar-refractivity contribution is 8.31. The van der Waals surface area contributed by atoms with Crippen molar-refractivity contribution in [2.24, 2.45) is 0 Å². The third-order valence-corrected chi connectivity index (χ3v) is 5.88. The molecule has 1 aromatic heterocycles. The van der Waals surface area contributed by atoms with Gasteiger partial charge in [-0.2, -0.15) is 4.28 Å². The second kappa shape index (κ2) is 8.00. The normalized spacial score (nSPS) is 12.3. The molecular weight excluding hydrogens is 392 g/mol. The summed E-state index contributed by atoms with van der Waals surface area (Å²) in [5.74, 6) is -1.38. The minimum Gasteiger partial charge on any atom is -0.863 e. The average molecular weight is 408 g/mol. The van der Waals surface area contributed by atoms with E-state index in [-0.39, 0.29) is 4.92 Å². The Bertz CT molecular complexity index is 941. The smallest absolute Gasteiger partial charge is 0.331 e. The van der Waals surface area contributed by atoms with Gasteiger partial charge in [0.2, 0.25) is 0 Å². The van der Waals surface area contributed by atoms with Gasteiger partial charge in [-0.15, -0.1) is 0 Å². The number of nitro groups is 2. The second-order valence-corrected chi connectivity index (χ2v) is 9.16. The van der Waals surface area contributed by atoms with E-state index in [2.05, 4.69) is 4.98 Å². The summed E-state index contributed by atoms with van der Waals surface area (Å²) < 4.78 is 5.39. The zero-order valence-electron chi connectivity index (χ0n) is 15.1. The monoisotopic (exact) mass is 408 g/mol. The van der Waals surface area contributed by atoms with E-state index in [1.54, 1.807) is 49.9 Å². The summed E-state index contributed by atoms with van der Waals surface area (Å²) in [7, 11) is -2.17. The minimum atomic E-state index is -2.17. The quantitative estimate of drug-likeness (QED) is 0.499. The molecule has 0 aliphatic heterocycles. The van der Waals surface area contributed by atoms with Crippen molar-refractivity contribution in [1.82, 2.24) is 4.98 Å². The maximum absolute atomic E-state index is 12.4. The topological polar surface area (TPSA) is 152 Å². The summed E-state index contributed by atoms with van der Waals surface area (Å²) in [5.41, 5.74) is -2.04.